The molecule has 6 nitrogen and oxygen atoms in total. The number of rotatable bonds is 5. The Bertz CT molecular complexity index is 825. The van der Waals surface area contributed by atoms with Crippen LogP contribution in [0.4, 0.5) is 0 Å². The predicted octanol–water partition coefficient (Wildman–Crippen LogP) is 1.79. The Labute approximate surface area is 133 Å². The predicted molar refractivity (Wildman–Crippen MR) is 89.3 cm³/mol. The van der Waals surface area contributed by atoms with Crippen molar-refractivity contribution in [1.29, 1.82) is 0 Å². The standard InChI is InChI=1S/C17H17N5O/c18-11-15(12-5-2-1-3-6-12)20-16(23)9-8-14-13-7-4-10-19-17(13)22-21-14/h1-10,15H,11,18H2,(H,20,23)(H,19,21,22)/t15-/m1/s1. The van der Waals surface area contributed by atoms with E-state index in [0.29, 0.717) is 17.9 Å². The van der Waals surface area contributed by atoms with Gasteiger partial charge in [0, 0.05) is 24.2 Å². The summed E-state index contributed by atoms with van der Waals surface area (Å²) in [6, 6.07) is 13.2. The molecule has 0 aliphatic carbocycles. The van der Waals surface area contributed by atoms with E-state index in [1.54, 1.807) is 12.3 Å². The summed E-state index contributed by atoms with van der Waals surface area (Å²) < 4.78 is 0. The maximum atomic E-state index is 12.1. The lowest BCUT2D eigenvalue weighted by Gasteiger charge is -2.15. The fraction of sp³-hybridized carbons (Fsp3) is 0.118. The van der Waals surface area contributed by atoms with Crippen molar-refractivity contribution in [2.75, 3.05) is 6.54 Å². The largest absolute Gasteiger partial charge is 0.344 e. The second-order valence-corrected chi connectivity index (χ2v) is 5.05. The van der Waals surface area contributed by atoms with Crippen molar-refractivity contribution < 1.29 is 4.79 Å². The van der Waals surface area contributed by atoms with E-state index < -0.39 is 0 Å². The molecule has 3 aromatic rings. The van der Waals surface area contributed by atoms with Crippen molar-refractivity contribution >= 4 is 23.0 Å². The van der Waals surface area contributed by atoms with Crippen molar-refractivity contribution in [1.82, 2.24) is 20.5 Å². The second-order valence-electron chi connectivity index (χ2n) is 5.05. The molecular formula is C17H17N5O. The van der Waals surface area contributed by atoms with Crippen molar-refractivity contribution in [2.45, 2.75) is 6.04 Å². The molecule has 4 N–H and O–H groups in total. The van der Waals surface area contributed by atoms with E-state index in [1.165, 1.54) is 6.08 Å². The molecule has 1 amide bonds. The van der Waals surface area contributed by atoms with E-state index in [-0.39, 0.29) is 11.9 Å². The fourth-order valence-corrected chi connectivity index (χ4v) is 2.34. The summed E-state index contributed by atoms with van der Waals surface area (Å²) in [5, 5.41) is 10.7. The molecule has 0 saturated carbocycles. The minimum absolute atomic E-state index is 0.217. The maximum Gasteiger partial charge on any atom is 0.244 e. The summed E-state index contributed by atoms with van der Waals surface area (Å²) in [6.07, 6.45) is 4.80. The van der Waals surface area contributed by atoms with E-state index in [1.807, 2.05) is 42.5 Å². The normalized spacial score (nSPS) is 12.6. The van der Waals surface area contributed by atoms with Gasteiger partial charge < -0.3 is 11.1 Å². The van der Waals surface area contributed by atoms with E-state index in [9.17, 15) is 4.79 Å². The molecule has 0 aliphatic heterocycles. The number of carbonyl (C=O) groups is 1. The van der Waals surface area contributed by atoms with E-state index in [4.69, 9.17) is 5.73 Å². The fourth-order valence-electron chi connectivity index (χ4n) is 2.34. The van der Waals surface area contributed by atoms with Crippen LogP contribution >= 0.6 is 0 Å². The van der Waals surface area contributed by atoms with Crippen LogP contribution in [-0.2, 0) is 4.79 Å². The van der Waals surface area contributed by atoms with Gasteiger partial charge in [0.15, 0.2) is 5.65 Å². The lowest BCUT2D eigenvalue weighted by atomic mass is 10.1. The highest BCUT2D eigenvalue weighted by Crippen LogP contribution is 2.14. The Balaban J connectivity index is 1.71. The first kappa shape index (κ1) is 14.9. The van der Waals surface area contributed by atoms with Gasteiger partial charge in [0.05, 0.1) is 11.7 Å². The number of nitrogens with one attached hydrogen (secondary N) is 2. The van der Waals surface area contributed by atoms with Gasteiger partial charge >= 0.3 is 0 Å². The third-order valence-electron chi connectivity index (χ3n) is 3.51. The van der Waals surface area contributed by atoms with Gasteiger partial charge in [-0.25, -0.2) is 4.98 Å². The number of nitrogens with two attached hydrogens (primary N) is 1. The van der Waals surface area contributed by atoms with Crippen LogP contribution in [0.5, 0.6) is 0 Å². The Kier molecular flexibility index (Phi) is 4.44. The van der Waals surface area contributed by atoms with Gasteiger partial charge in [0.25, 0.3) is 0 Å². The first-order chi connectivity index (χ1) is 11.3. The third-order valence-corrected chi connectivity index (χ3v) is 3.51. The quantitative estimate of drug-likeness (QED) is 0.626. The Morgan fingerprint density at radius 2 is 2.09 bits per heavy atom. The summed E-state index contributed by atoms with van der Waals surface area (Å²) in [5.41, 5.74) is 8.10. The molecular weight excluding hydrogens is 290 g/mol. The van der Waals surface area contributed by atoms with Crippen LogP contribution < -0.4 is 11.1 Å². The summed E-state index contributed by atoms with van der Waals surface area (Å²) >= 11 is 0. The summed E-state index contributed by atoms with van der Waals surface area (Å²) in [4.78, 5) is 16.3. The molecule has 0 spiro atoms. The number of aromatic nitrogens is 3. The number of nitrogens with zero attached hydrogens (tertiary/aromatic N) is 2. The zero-order valence-corrected chi connectivity index (χ0v) is 12.4. The van der Waals surface area contributed by atoms with Gasteiger partial charge in [0.2, 0.25) is 5.91 Å². The highest BCUT2D eigenvalue weighted by atomic mass is 16.1. The number of carbonyl (C=O) groups excluding carboxylic acids is 1. The summed E-state index contributed by atoms with van der Waals surface area (Å²) in [7, 11) is 0. The van der Waals surface area contributed by atoms with Gasteiger partial charge in [-0.3, -0.25) is 9.89 Å². The molecule has 0 radical (unpaired) electrons. The molecule has 0 aliphatic rings. The zero-order valence-electron chi connectivity index (χ0n) is 12.4. The third kappa shape index (κ3) is 3.44. The van der Waals surface area contributed by atoms with Crippen LogP contribution in [0.25, 0.3) is 17.1 Å². The minimum atomic E-state index is -0.218. The molecule has 0 saturated heterocycles. The minimum Gasteiger partial charge on any atom is -0.344 e. The van der Waals surface area contributed by atoms with E-state index in [0.717, 1.165) is 10.9 Å². The number of aromatic amines is 1. The Morgan fingerprint density at radius 3 is 2.87 bits per heavy atom. The zero-order chi connectivity index (χ0) is 16.1. The van der Waals surface area contributed by atoms with Gasteiger partial charge in [-0.1, -0.05) is 30.3 Å². The van der Waals surface area contributed by atoms with E-state index in [2.05, 4.69) is 20.5 Å². The molecule has 116 valence electrons. The number of hydrogen-bond donors (Lipinski definition) is 3. The highest BCUT2D eigenvalue weighted by molar-refractivity contribution is 5.94. The smallest absolute Gasteiger partial charge is 0.244 e. The molecule has 3 rings (SSSR count). The molecule has 2 aromatic heterocycles. The molecule has 23 heavy (non-hydrogen) atoms. The first-order valence-electron chi connectivity index (χ1n) is 7.30. The highest BCUT2D eigenvalue weighted by Gasteiger charge is 2.11. The van der Waals surface area contributed by atoms with Gasteiger partial charge in [-0.15, -0.1) is 0 Å². The number of fused-ring (bicyclic) bond motifs is 1. The van der Waals surface area contributed by atoms with Crippen LogP contribution in [0.2, 0.25) is 0 Å². The molecule has 0 fully saturated rings. The molecule has 2 heterocycles. The summed E-state index contributed by atoms with van der Waals surface area (Å²) in [5.74, 6) is -0.218. The number of H-pyrrole nitrogens is 1. The maximum absolute atomic E-state index is 12.1. The average Bonchev–Trinajstić information content (AvgIpc) is 3.02. The van der Waals surface area contributed by atoms with Gasteiger partial charge in [-0.05, 0) is 23.8 Å². The monoisotopic (exact) mass is 307 g/mol. The first-order valence-corrected chi connectivity index (χ1v) is 7.30. The SMILES string of the molecule is NC[C@@H](NC(=O)C=Cc1n[nH]c2ncccc12)c1ccccc1. The van der Waals surface area contributed by atoms with Gasteiger partial charge in [0.1, 0.15) is 0 Å². The van der Waals surface area contributed by atoms with Crippen LogP contribution in [0.3, 0.4) is 0 Å². The molecule has 1 atom stereocenters. The van der Waals surface area contributed by atoms with E-state index >= 15 is 0 Å². The average molecular weight is 307 g/mol. The molecule has 0 unspecified atom stereocenters. The number of amides is 1. The summed E-state index contributed by atoms with van der Waals surface area (Å²) in [6.45, 7) is 0.332. The van der Waals surface area contributed by atoms with Crippen LogP contribution in [0.15, 0.2) is 54.7 Å². The van der Waals surface area contributed by atoms with Crippen molar-refractivity contribution in [3.8, 4) is 0 Å². The number of pyridine rings is 1. The van der Waals surface area contributed by atoms with Crippen molar-refractivity contribution in [2.24, 2.45) is 5.73 Å². The second kappa shape index (κ2) is 6.85. The molecule has 1 aromatic carbocycles. The molecule has 6 heteroatoms. The van der Waals surface area contributed by atoms with Crippen molar-refractivity contribution in [3.05, 3.63) is 66.0 Å². The number of benzene rings is 1. The number of hydrogen-bond acceptors (Lipinski definition) is 4. The lowest BCUT2D eigenvalue weighted by Crippen LogP contribution is -2.32. The van der Waals surface area contributed by atoms with Crippen LogP contribution in [0.1, 0.15) is 17.3 Å². The Hall–Kier alpha value is -2.99. The van der Waals surface area contributed by atoms with Crippen LogP contribution in [-0.4, -0.2) is 27.6 Å². The van der Waals surface area contributed by atoms with Gasteiger partial charge in [-0.2, -0.15) is 5.10 Å². The van der Waals surface area contributed by atoms with Crippen molar-refractivity contribution in [3.63, 3.8) is 0 Å². The Morgan fingerprint density at radius 1 is 1.26 bits per heavy atom. The molecule has 0 bridgehead atoms. The topological polar surface area (TPSA) is 96.7 Å². The lowest BCUT2D eigenvalue weighted by molar-refractivity contribution is -0.117. The van der Waals surface area contributed by atoms with Crippen LogP contribution in [0, 0.1) is 0 Å².